The molecule has 2 fully saturated rings. The molecule has 196 valence electrons. The molecule has 3 aromatic rings. The van der Waals surface area contributed by atoms with Gasteiger partial charge in [-0.3, -0.25) is 9.59 Å². The van der Waals surface area contributed by atoms with Crippen LogP contribution in [0.1, 0.15) is 22.3 Å². The molecule has 3 N–H and O–H groups in total. The number of carbonyl (C=O) groups excluding carboxylic acids is 2. The third-order valence-corrected chi connectivity index (χ3v) is 6.41. The number of halogens is 7. The maximum absolute atomic E-state index is 15.4. The Hall–Kier alpha value is -3.91. The van der Waals surface area contributed by atoms with Gasteiger partial charge in [0.05, 0.1) is 29.4 Å². The van der Waals surface area contributed by atoms with Gasteiger partial charge in [-0.15, -0.1) is 0 Å². The molecule has 37 heavy (non-hydrogen) atoms. The highest BCUT2D eigenvalue weighted by Crippen LogP contribution is 2.50. The van der Waals surface area contributed by atoms with Gasteiger partial charge < -0.3 is 16.0 Å². The van der Waals surface area contributed by atoms with Gasteiger partial charge in [-0.05, 0) is 18.2 Å². The van der Waals surface area contributed by atoms with Gasteiger partial charge in [-0.25, -0.2) is 27.1 Å². The van der Waals surface area contributed by atoms with Crippen molar-refractivity contribution in [1.29, 1.82) is 0 Å². The number of carbonyl (C=O) groups is 2. The van der Waals surface area contributed by atoms with E-state index in [-0.39, 0.29) is 5.69 Å². The number of nitrogens with one attached hydrogen (secondary N) is 1. The van der Waals surface area contributed by atoms with Gasteiger partial charge in [0.15, 0.2) is 5.82 Å². The number of alkyl halides is 6. The SMILES string of the molecule is Nc1ncnn2c(-c3cccc(C(=O)N[C@@H]4CN(C(=O)C5CC5(F)F)C[C@@H]4F)c3F)cc(C(F)(F)F)c12. The third kappa shape index (κ3) is 4.21. The van der Waals surface area contributed by atoms with Crippen LogP contribution < -0.4 is 11.1 Å². The number of hydrogen-bond donors (Lipinski definition) is 2. The van der Waals surface area contributed by atoms with Gasteiger partial charge >= 0.3 is 6.18 Å². The molecule has 2 amide bonds. The summed E-state index contributed by atoms with van der Waals surface area (Å²) in [5.41, 5.74) is 2.38. The van der Waals surface area contributed by atoms with Crippen molar-refractivity contribution in [3.05, 3.63) is 47.5 Å². The van der Waals surface area contributed by atoms with Crippen molar-refractivity contribution in [3.63, 3.8) is 0 Å². The number of aromatic nitrogens is 3. The molecule has 1 unspecified atom stereocenters. The van der Waals surface area contributed by atoms with Gasteiger partial charge in [0.25, 0.3) is 11.8 Å². The first kappa shape index (κ1) is 24.8. The maximum Gasteiger partial charge on any atom is 0.418 e. The minimum absolute atomic E-state index is 0.366. The van der Waals surface area contributed by atoms with E-state index in [2.05, 4.69) is 15.4 Å². The van der Waals surface area contributed by atoms with E-state index in [9.17, 15) is 35.9 Å². The largest absolute Gasteiger partial charge is 0.418 e. The molecule has 8 nitrogen and oxygen atoms in total. The van der Waals surface area contributed by atoms with Gasteiger partial charge in [-0.1, -0.05) is 6.07 Å². The number of hydrogen-bond acceptors (Lipinski definition) is 5. The van der Waals surface area contributed by atoms with E-state index < -0.39 is 95.4 Å². The molecular formula is C22H17F7N6O2. The minimum Gasteiger partial charge on any atom is -0.382 e. The first-order chi connectivity index (χ1) is 17.3. The predicted octanol–water partition coefficient (Wildman–Crippen LogP) is 3.07. The molecular weight excluding hydrogens is 513 g/mol. The Morgan fingerprint density at radius 3 is 2.54 bits per heavy atom. The Kier molecular flexibility index (Phi) is 5.56. The molecule has 2 aliphatic rings. The van der Waals surface area contributed by atoms with Crippen LogP contribution in [0.3, 0.4) is 0 Å². The maximum atomic E-state index is 15.4. The number of rotatable bonds is 4. The number of likely N-dealkylation sites (tertiary alicyclic amines) is 1. The molecule has 1 aliphatic heterocycles. The predicted molar refractivity (Wildman–Crippen MR) is 114 cm³/mol. The molecule has 5 rings (SSSR count). The van der Waals surface area contributed by atoms with Crippen molar-refractivity contribution in [3.8, 4) is 11.3 Å². The first-order valence-electron chi connectivity index (χ1n) is 10.9. The molecule has 0 bridgehead atoms. The quantitative estimate of drug-likeness (QED) is 0.505. The summed E-state index contributed by atoms with van der Waals surface area (Å²) in [5.74, 6) is -8.42. The summed E-state index contributed by atoms with van der Waals surface area (Å²) >= 11 is 0. The zero-order valence-electron chi connectivity index (χ0n) is 18.6. The van der Waals surface area contributed by atoms with Crippen LogP contribution in [0.5, 0.6) is 0 Å². The van der Waals surface area contributed by atoms with Crippen molar-refractivity contribution in [2.75, 3.05) is 18.8 Å². The Morgan fingerprint density at radius 2 is 1.89 bits per heavy atom. The molecule has 1 aliphatic carbocycles. The van der Waals surface area contributed by atoms with Gasteiger partial charge in [0, 0.05) is 18.5 Å². The average molecular weight is 530 g/mol. The molecule has 3 heterocycles. The second kappa shape index (κ2) is 8.31. The fourth-order valence-corrected chi connectivity index (χ4v) is 4.41. The number of nitrogens with zero attached hydrogens (tertiary/aromatic N) is 4. The van der Waals surface area contributed by atoms with E-state index in [4.69, 9.17) is 5.73 Å². The van der Waals surface area contributed by atoms with Crippen molar-refractivity contribution >= 4 is 23.1 Å². The number of anilines is 1. The van der Waals surface area contributed by atoms with Crippen LogP contribution in [0.25, 0.3) is 16.8 Å². The zero-order chi connectivity index (χ0) is 26.9. The van der Waals surface area contributed by atoms with E-state index in [0.717, 1.165) is 27.9 Å². The Labute approximate surface area is 203 Å². The highest BCUT2D eigenvalue weighted by atomic mass is 19.4. The smallest absolute Gasteiger partial charge is 0.382 e. The molecule has 1 saturated carbocycles. The number of nitrogen functional groups attached to an aromatic ring is 1. The second-order valence-electron chi connectivity index (χ2n) is 8.87. The fourth-order valence-electron chi connectivity index (χ4n) is 4.41. The molecule has 15 heteroatoms. The summed E-state index contributed by atoms with van der Waals surface area (Å²) in [4.78, 5) is 29.3. The van der Waals surface area contributed by atoms with Crippen LogP contribution in [0.15, 0.2) is 30.6 Å². The molecule has 3 atom stereocenters. The summed E-state index contributed by atoms with van der Waals surface area (Å²) in [6, 6.07) is 2.68. The van der Waals surface area contributed by atoms with Gasteiger partial charge in [0.1, 0.15) is 29.8 Å². The highest BCUT2D eigenvalue weighted by molar-refractivity contribution is 5.96. The van der Waals surface area contributed by atoms with Crippen molar-refractivity contribution in [1.82, 2.24) is 24.8 Å². The van der Waals surface area contributed by atoms with E-state index in [1.807, 2.05) is 0 Å². The lowest BCUT2D eigenvalue weighted by Crippen LogP contribution is -2.42. The zero-order valence-corrected chi connectivity index (χ0v) is 18.6. The van der Waals surface area contributed by atoms with Crippen molar-refractivity contribution in [2.45, 2.75) is 30.7 Å². The summed E-state index contributed by atoms with van der Waals surface area (Å²) in [6.45, 7) is -0.912. The van der Waals surface area contributed by atoms with Crippen molar-refractivity contribution in [2.24, 2.45) is 5.92 Å². The van der Waals surface area contributed by atoms with Crippen LogP contribution >= 0.6 is 0 Å². The molecule has 1 aromatic carbocycles. The Bertz CT molecular complexity index is 1420. The topological polar surface area (TPSA) is 106 Å². The standard InChI is InChI=1S/C22H17F7N6O2/c23-13-6-34(20(37)12-5-21(12,25)26)7-14(13)33-19(36)10-3-1-2-9(16(10)24)15-4-11(22(27,28)29)17-18(30)31-8-32-35(15)17/h1-4,8,12-14H,5-7H2,(H,33,36)(H2,30,31,32)/t12?,13-,14+/m0/s1. The monoisotopic (exact) mass is 530 g/mol. The Morgan fingerprint density at radius 1 is 1.19 bits per heavy atom. The number of fused-ring (bicyclic) bond motifs is 1. The number of amides is 2. The van der Waals surface area contributed by atoms with Gasteiger partial charge in [0.2, 0.25) is 5.91 Å². The van der Waals surface area contributed by atoms with Crippen LogP contribution in [-0.4, -0.2) is 62.5 Å². The number of benzene rings is 1. The van der Waals surface area contributed by atoms with E-state index in [1.54, 1.807) is 0 Å². The molecule has 2 aromatic heterocycles. The number of nitrogens with two attached hydrogens (primary N) is 1. The highest BCUT2D eigenvalue weighted by Gasteiger charge is 2.63. The van der Waals surface area contributed by atoms with E-state index in [1.165, 1.54) is 6.07 Å². The minimum atomic E-state index is -4.87. The average Bonchev–Trinajstić information content (AvgIpc) is 3.12. The molecule has 1 saturated heterocycles. The van der Waals surface area contributed by atoms with Crippen molar-refractivity contribution < 1.29 is 40.3 Å². The van der Waals surface area contributed by atoms with Crippen LogP contribution in [0.4, 0.5) is 36.6 Å². The molecule has 0 spiro atoms. The lowest BCUT2D eigenvalue weighted by Gasteiger charge is -2.17. The lowest BCUT2D eigenvalue weighted by atomic mass is 10.1. The normalized spacial score (nSPS) is 22.9. The summed E-state index contributed by atoms with van der Waals surface area (Å²) < 4.78 is 97.9. The van der Waals surface area contributed by atoms with E-state index in [0.29, 0.717) is 6.07 Å². The van der Waals surface area contributed by atoms with Crippen LogP contribution in [-0.2, 0) is 11.0 Å². The molecule has 0 radical (unpaired) electrons. The second-order valence-corrected chi connectivity index (χ2v) is 8.87. The fraction of sp³-hybridized carbons (Fsp3) is 0.364. The third-order valence-electron chi connectivity index (χ3n) is 6.41. The summed E-state index contributed by atoms with van der Waals surface area (Å²) in [7, 11) is 0. The lowest BCUT2D eigenvalue weighted by molar-refractivity contribution is -0.136. The van der Waals surface area contributed by atoms with Crippen LogP contribution in [0, 0.1) is 11.7 Å². The van der Waals surface area contributed by atoms with Gasteiger partial charge in [-0.2, -0.15) is 18.3 Å². The Balaban J connectivity index is 1.42. The summed E-state index contributed by atoms with van der Waals surface area (Å²) in [5, 5.41) is 5.97. The first-order valence-corrected chi connectivity index (χ1v) is 10.9. The summed E-state index contributed by atoms with van der Waals surface area (Å²) in [6.07, 6.45) is -6.42. The van der Waals surface area contributed by atoms with Crippen LogP contribution in [0.2, 0.25) is 0 Å². The van der Waals surface area contributed by atoms with E-state index >= 15 is 4.39 Å².